The number of pyridine rings is 1. The summed E-state index contributed by atoms with van der Waals surface area (Å²) in [6.07, 6.45) is 1.62. The third-order valence-corrected chi connectivity index (χ3v) is 4.69. The highest BCUT2D eigenvalue weighted by molar-refractivity contribution is 7.99. The summed E-state index contributed by atoms with van der Waals surface area (Å²) in [4.78, 5) is 17.8. The van der Waals surface area contributed by atoms with Crippen LogP contribution in [0.4, 0.5) is 10.1 Å². The molecule has 0 aliphatic rings. The van der Waals surface area contributed by atoms with E-state index in [0.29, 0.717) is 10.6 Å². The van der Waals surface area contributed by atoms with E-state index in [1.54, 1.807) is 18.3 Å². The molecule has 0 saturated heterocycles. The van der Waals surface area contributed by atoms with Crippen molar-refractivity contribution in [3.8, 4) is 0 Å². The average molecular weight is 373 g/mol. The quantitative estimate of drug-likeness (QED) is 0.649. The summed E-state index contributed by atoms with van der Waals surface area (Å²) in [5, 5.41) is 3.39. The molecule has 0 unspecified atom stereocenters. The normalized spacial score (nSPS) is 10.5. The van der Waals surface area contributed by atoms with Crippen LogP contribution >= 0.6 is 23.4 Å². The molecule has 0 radical (unpaired) electrons. The molecule has 0 saturated carbocycles. The topological polar surface area (TPSA) is 42.0 Å². The first-order valence-electron chi connectivity index (χ1n) is 7.49. The van der Waals surface area contributed by atoms with Crippen molar-refractivity contribution in [3.63, 3.8) is 0 Å². The van der Waals surface area contributed by atoms with Crippen molar-refractivity contribution in [2.24, 2.45) is 0 Å². The second-order valence-corrected chi connectivity index (χ2v) is 6.85. The number of carbonyl (C=O) groups excluding carboxylic acids is 1. The van der Waals surface area contributed by atoms with Crippen LogP contribution in [0.15, 0.2) is 70.7 Å². The number of nitrogens with zero attached hydrogens (tertiary/aromatic N) is 1. The van der Waals surface area contributed by atoms with E-state index in [9.17, 15) is 9.18 Å². The summed E-state index contributed by atoms with van der Waals surface area (Å²) in [5.74, 6) is -1.01. The van der Waals surface area contributed by atoms with Gasteiger partial charge in [0.2, 0.25) is 0 Å². The minimum Gasteiger partial charge on any atom is -0.319 e. The number of hydrogen-bond acceptors (Lipinski definition) is 3. The van der Waals surface area contributed by atoms with Crippen LogP contribution < -0.4 is 5.32 Å². The van der Waals surface area contributed by atoms with Gasteiger partial charge in [0.15, 0.2) is 0 Å². The Bertz CT molecular complexity index is 916. The molecule has 0 aliphatic carbocycles. The number of amides is 1. The lowest BCUT2D eigenvalue weighted by Gasteiger charge is -2.10. The fourth-order valence-electron chi connectivity index (χ4n) is 2.14. The lowest BCUT2D eigenvalue weighted by atomic mass is 10.2. The van der Waals surface area contributed by atoms with Crippen molar-refractivity contribution in [3.05, 3.63) is 82.8 Å². The number of hydrogen-bond donors (Lipinski definition) is 1. The molecule has 1 aromatic heterocycles. The summed E-state index contributed by atoms with van der Waals surface area (Å²) >= 11 is 7.11. The first kappa shape index (κ1) is 17.5. The molecule has 0 spiro atoms. The summed E-state index contributed by atoms with van der Waals surface area (Å²) in [6, 6.07) is 15.4. The Kier molecular flexibility index (Phi) is 5.36. The Labute approximate surface area is 154 Å². The van der Waals surface area contributed by atoms with Gasteiger partial charge in [-0.1, -0.05) is 41.1 Å². The van der Waals surface area contributed by atoms with Crippen molar-refractivity contribution < 1.29 is 9.18 Å². The largest absolute Gasteiger partial charge is 0.319 e. The number of aryl methyl sites for hydroxylation is 1. The first-order chi connectivity index (χ1) is 12.0. The van der Waals surface area contributed by atoms with Gasteiger partial charge in [-0.15, -0.1) is 0 Å². The fourth-order valence-corrected chi connectivity index (χ4v) is 3.18. The highest BCUT2D eigenvalue weighted by Gasteiger charge is 2.15. The fraction of sp³-hybridized carbons (Fsp3) is 0.0526. The van der Waals surface area contributed by atoms with E-state index in [0.717, 1.165) is 16.5 Å². The van der Waals surface area contributed by atoms with E-state index >= 15 is 0 Å². The Balaban J connectivity index is 1.84. The molecule has 126 valence electrons. The second kappa shape index (κ2) is 7.68. The summed E-state index contributed by atoms with van der Waals surface area (Å²) in [7, 11) is 0. The molecule has 0 bridgehead atoms. The molecule has 1 N–H and O–H groups in total. The molecule has 0 atom stereocenters. The van der Waals surface area contributed by atoms with Gasteiger partial charge in [-0.2, -0.15) is 0 Å². The van der Waals surface area contributed by atoms with Gasteiger partial charge in [0, 0.05) is 16.1 Å². The lowest BCUT2D eigenvalue weighted by molar-refractivity contribution is 0.102. The monoisotopic (exact) mass is 372 g/mol. The molecule has 3 aromatic rings. The van der Waals surface area contributed by atoms with Gasteiger partial charge in [0.1, 0.15) is 10.8 Å². The number of aromatic nitrogens is 1. The van der Waals surface area contributed by atoms with E-state index in [-0.39, 0.29) is 10.7 Å². The molecular formula is C19H14ClFN2OS. The second-order valence-electron chi connectivity index (χ2n) is 5.35. The molecule has 25 heavy (non-hydrogen) atoms. The van der Waals surface area contributed by atoms with Crippen LogP contribution in [-0.2, 0) is 0 Å². The number of rotatable bonds is 4. The van der Waals surface area contributed by atoms with Crippen molar-refractivity contribution in [1.82, 2.24) is 4.98 Å². The van der Waals surface area contributed by atoms with E-state index < -0.39 is 11.7 Å². The number of halogens is 2. The minimum absolute atomic E-state index is 0.0736. The van der Waals surface area contributed by atoms with Crippen molar-refractivity contribution in [2.75, 3.05) is 5.32 Å². The zero-order valence-corrected chi connectivity index (χ0v) is 14.9. The van der Waals surface area contributed by atoms with Gasteiger partial charge in [0.05, 0.1) is 11.3 Å². The maximum atomic E-state index is 13.9. The molecule has 3 nitrogen and oxygen atoms in total. The van der Waals surface area contributed by atoms with Gasteiger partial charge in [-0.3, -0.25) is 4.79 Å². The maximum absolute atomic E-state index is 13.9. The SMILES string of the molecule is Cc1ccc(Sc2ncccc2C(=O)Nc2ccc(Cl)cc2F)cc1. The van der Waals surface area contributed by atoms with E-state index in [2.05, 4.69) is 10.3 Å². The van der Waals surface area contributed by atoms with Crippen molar-refractivity contribution in [2.45, 2.75) is 16.8 Å². The number of nitrogens with one attached hydrogen (secondary N) is 1. The molecule has 1 amide bonds. The molecule has 3 rings (SSSR count). The van der Waals surface area contributed by atoms with Crippen LogP contribution in [0, 0.1) is 12.7 Å². The summed E-state index contributed by atoms with van der Waals surface area (Å²) in [6.45, 7) is 2.01. The Morgan fingerprint density at radius 1 is 1.16 bits per heavy atom. The Morgan fingerprint density at radius 2 is 1.92 bits per heavy atom. The zero-order chi connectivity index (χ0) is 17.8. The van der Waals surface area contributed by atoms with Crippen LogP contribution in [0.2, 0.25) is 5.02 Å². The van der Waals surface area contributed by atoms with Crippen LogP contribution in [-0.4, -0.2) is 10.9 Å². The predicted octanol–water partition coefficient (Wildman–Crippen LogP) is 5.59. The average Bonchev–Trinajstić information content (AvgIpc) is 2.60. The standard InChI is InChI=1S/C19H14ClFN2OS/c1-12-4-7-14(8-5-12)25-19-15(3-2-10-22-19)18(24)23-17-9-6-13(20)11-16(17)21/h2-11H,1H3,(H,23,24). The van der Waals surface area contributed by atoms with E-state index in [4.69, 9.17) is 11.6 Å². The Morgan fingerprint density at radius 3 is 2.64 bits per heavy atom. The molecular weight excluding hydrogens is 359 g/mol. The Hall–Kier alpha value is -2.37. The van der Waals surface area contributed by atoms with Gasteiger partial charge in [-0.05, 0) is 49.4 Å². The third-order valence-electron chi connectivity index (χ3n) is 3.43. The lowest BCUT2D eigenvalue weighted by Crippen LogP contribution is -2.14. The zero-order valence-electron chi connectivity index (χ0n) is 13.3. The third kappa shape index (κ3) is 4.38. The molecule has 1 heterocycles. The van der Waals surface area contributed by atoms with E-state index in [1.165, 1.54) is 23.9 Å². The van der Waals surface area contributed by atoms with Crippen molar-refractivity contribution >= 4 is 35.0 Å². The maximum Gasteiger partial charge on any atom is 0.258 e. The van der Waals surface area contributed by atoms with Gasteiger partial charge in [-0.25, -0.2) is 9.37 Å². The van der Waals surface area contributed by atoms with Crippen LogP contribution in [0.5, 0.6) is 0 Å². The number of anilines is 1. The first-order valence-corrected chi connectivity index (χ1v) is 8.68. The highest BCUT2D eigenvalue weighted by Crippen LogP contribution is 2.29. The van der Waals surface area contributed by atoms with Gasteiger partial charge < -0.3 is 5.32 Å². The highest BCUT2D eigenvalue weighted by atomic mass is 35.5. The van der Waals surface area contributed by atoms with Gasteiger partial charge >= 0.3 is 0 Å². The molecule has 0 aliphatic heterocycles. The van der Waals surface area contributed by atoms with Crippen molar-refractivity contribution in [1.29, 1.82) is 0 Å². The van der Waals surface area contributed by atoms with Crippen LogP contribution in [0.25, 0.3) is 0 Å². The number of carbonyl (C=O) groups is 1. The minimum atomic E-state index is -0.586. The van der Waals surface area contributed by atoms with Crippen LogP contribution in [0.1, 0.15) is 15.9 Å². The molecule has 6 heteroatoms. The predicted molar refractivity (Wildman–Crippen MR) is 98.9 cm³/mol. The van der Waals surface area contributed by atoms with Crippen LogP contribution in [0.3, 0.4) is 0 Å². The van der Waals surface area contributed by atoms with E-state index in [1.807, 2.05) is 31.2 Å². The summed E-state index contributed by atoms with van der Waals surface area (Å²) < 4.78 is 13.9. The van der Waals surface area contributed by atoms with Gasteiger partial charge in [0.25, 0.3) is 5.91 Å². The number of benzene rings is 2. The smallest absolute Gasteiger partial charge is 0.258 e. The summed E-state index contributed by atoms with van der Waals surface area (Å²) in [5.41, 5.74) is 1.61. The molecule has 2 aromatic carbocycles. The molecule has 0 fully saturated rings.